The molecule has 0 aromatic heterocycles. The summed E-state index contributed by atoms with van der Waals surface area (Å²) in [6, 6.07) is 18.1. The molecule has 2 rings (SSSR count). The lowest BCUT2D eigenvalue weighted by Gasteiger charge is -2.25. The molecule has 4 nitrogen and oxygen atoms in total. The number of hydrogen-bond acceptors (Lipinski definition) is 2. The number of carboxylic acids is 1. The molecule has 0 radical (unpaired) electrons. The van der Waals surface area contributed by atoms with Crippen LogP contribution < -0.4 is 5.32 Å². The van der Waals surface area contributed by atoms with Crippen LogP contribution in [0.25, 0.3) is 0 Å². The average Bonchev–Trinajstić information content (AvgIpc) is 2.55. The van der Waals surface area contributed by atoms with E-state index in [0.29, 0.717) is 0 Å². The van der Waals surface area contributed by atoms with Crippen LogP contribution in [0.1, 0.15) is 31.4 Å². The van der Waals surface area contributed by atoms with Gasteiger partial charge in [-0.2, -0.15) is 0 Å². The smallest absolute Gasteiger partial charge is 0.326 e. The van der Waals surface area contributed by atoms with Crippen LogP contribution in [0.2, 0.25) is 0 Å². The van der Waals surface area contributed by atoms with Gasteiger partial charge >= 0.3 is 5.97 Å². The number of hydrogen-bond donors (Lipinski definition) is 2. The monoisotopic (exact) mass is 325 g/mol. The van der Waals surface area contributed by atoms with Gasteiger partial charge in [-0.3, -0.25) is 4.79 Å². The molecule has 1 atom stereocenters. The third kappa shape index (κ3) is 4.95. The van der Waals surface area contributed by atoms with Crippen LogP contribution in [0.3, 0.4) is 0 Å². The first-order valence-corrected chi connectivity index (χ1v) is 8.00. The maximum atomic E-state index is 12.4. The van der Waals surface area contributed by atoms with Gasteiger partial charge in [-0.25, -0.2) is 4.79 Å². The van der Waals surface area contributed by atoms with Gasteiger partial charge in [0.05, 0.1) is 0 Å². The molecular weight excluding hydrogens is 302 g/mol. The van der Waals surface area contributed by atoms with Crippen molar-refractivity contribution in [2.45, 2.75) is 38.1 Å². The van der Waals surface area contributed by atoms with Crippen molar-refractivity contribution in [3.05, 3.63) is 71.8 Å². The van der Waals surface area contributed by atoms with E-state index in [4.69, 9.17) is 0 Å². The largest absolute Gasteiger partial charge is 0.480 e. The number of carbonyl (C=O) groups is 2. The van der Waals surface area contributed by atoms with E-state index in [-0.39, 0.29) is 24.2 Å². The highest BCUT2D eigenvalue weighted by atomic mass is 16.4. The van der Waals surface area contributed by atoms with Crippen LogP contribution >= 0.6 is 0 Å². The Morgan fingerprint density at radius 2 is 1.54 bits per heavy atom. The molecule has 2 N–H and O–H groups in total. The summed E-state index contributed by atoms with van der Waals surface area (Å²) < 4.78 is 0. The van der Waals surface area contributed by atoms with Gasteiger partial charge in [0.2, 0.25) is 5.91 Å². The van der Waals surface area contributed by atoms with Gasteiger partial charge in [0.15, 0.2) is 0 Å². The van der Waals surface area contributed by atoms with Gasteiger partial charge in [-0.1, -0.05) is 74.5 Å². The van der Waals surface area contributed by atoms with E-state index in [1.807, 2.05) is 74.5 Å². The average molecular weight is 325 g/mol. The minimum atomic E-state index is -1.02. The number of benzene rings is 2. The third-order valence-corrected chi connectivity index (χ3v) is 4.07. The van der Waals surface area contributed by atoms with Gasteiger partial charge < -0.3 is 10.4 Å². The molecule has 126 valence electrons. The summed E-state index contributed by atoms with van der Waals surface area (Å²) in [6.07, 6.45) is 0.503. The summed E-state index contributed by atoms with van der Waals surface area (Å²) in [7, 11) is 0. The van der Waals surface area contributed by atoms with Crippen molar-refractivity contribution in [1.29, 1.82) is 0 Å². The molecule has 0 saturated heterocycles. The van der Waals surface area contributed by atoms with E-state index in [1.54, 1.807) is 0 Å². The Balaban J connectivity index is 2.02. The zero-order valence-corrected chi connectivity index (χ0v) is 14.0. The lowest BCUT2D eigenvalue weighted by molar-refractivity contribution is -0.142. The van der Waals surface area contributed by atoms with Crippen molar-refractivity contribution in [3.63, 3.8) is 0 Å². The number of aliphatic carboxylic acids is 1. The standard InChI is InChI=1S/C20H23NO3/c1-20(2,16-11-7-4-8-12-16)14-18(22)21-17(19(23)24)13-15-9-5-3-6-10-15/h3-12,17H,13-14H2,1-2H3,(H,21,22)(H,23,24)/t17-/m1/s1. The Morgan fingerprint density at radius 1 is 1.00 bits per heavy atom. The van der Waals surface area contributed by atoms with Gasteiger partial charge in [-0.15, -0.1) is 0 Å². The molecule has 0 heterocycles. The van der Waals surface area contributed by atoms with E-state index in [0.717, 1.165) is 11.1 Å². The lowest BCUT2D eigenvalue weighted by Crippen LogP contribution is -2.44. The summed E-state index contributed by atoms with van der Waals surface area (Å²) >= 11 is 0. The van der Waals surface area contributed by atoms with E-state index >= 15 is 0 Å². The van der Waals surface area contributed by atoms with Gasteiger partial charge in [0.1, 0.15) is 6.04 Å². The summed E-state index contributed by atoms with van der Waals surface area (Å²) in [5.74, 6) is -1.28. The molecule has 2 aromatic rings. The molecule has 24 heavy (non-hydrogen) atoms. The van der Waals surface area contributed by atoms with E-state index in [1.165, 1.54) is 0 Å². The number of nitrogens with one attached hydrogen (secondary N) is 1. The van der Waals surface area contributed by atoms with Crippen molar-refractivity contribution in [1.82, 2.24) is 5.32 Å². The third-order valence-electron chi connectivity index (χ3n) is 4.07. The summed E-state index contributed by atoms with van der Waals surface area (Å²) in [6.45, 7) is 3.96. The van der Waals surface area contributed by atoms with Crippen molar-refractivity contribution in [3.8, 4) is 0 Å². The number of rotatable bonds is 7. The van der Waals surface area contributed by atoms with Gasteiger partial charge in [0, 0.05) is 12.8 Å². The van der Waals surface area contributed by atoms with Gasteiger partial charge in [-0.05, 0) is 16.5 Å². The quantitative estimate of drug-likeness (QED) is 0.822. The Hall–Kier alpha value is -2.62. The number of carbonyl (C=O) groups excluding carboxylic acids is 1. The van der Waals surface area contributed by atoms with Crippen LogP contribution in [0.5, 0.6) is 0 Å². The Labute approximate surface area is 142 Å². The lowest BCUT2D eigenvalue weighted by atomic mass is 9.81. The summed E-state index contributed by atoms with van der Waals surface area (Å²) in [5, 5.41) is 12.0. The maximum Gasteiger partial charge on any atom is 0.326 e. The maximum absolute atomic E-state index is 12.4. The van der Waals surface area contributed by atoms with Crippen LogP contribution in [0.4, 0.5) is 0 Å². The molecule has 1 amide bonds. The number of carboxylic acid groups (broad SMARTS) is 1. The zero-order chi connectivity index (χ0) is 17.6. The van der Waals surface area contributed by atoms with Crippen molar-refractivity contribution >= 4 is 11.9 Å². The molecule has 2 aromatic carbocycles. The highest BCUT2D eigenvalue weighted by Crippen LogP contribution is 2.26. The molecule has 0 aliphatic rings. The molecule has 0 unspecified atom stereocenters. The molecule has 4 heteroatoms. The minimum Gasteiger partial charge on any atom is -0.480 e. The normalized spacial score (nSPS) is 12.4. The van der Waals surface area contributed by atoms with E-state index < -0.39 is 12.0 Å². The van der Waals surface area contributed by atoms with Crippen molar-refractivity contribution in [2.75, 3.05) is 0 Å². The SMILES string of the molecule is CC(C)(CC(=O)N[C@H](Cc1ccccc1)C(=O)O)c1ccccc1. The number of amides is 1. The van der Waals surface area contributed by atoms with Crippen molar-refractivity contribution < 1.29 is 14.7 Å². The highest BCUT2D eigenvalue weighted by molar-refractivity contribution is 5.84. The van der Waals surface area contributed by atoms with E-state index in [9.17, 15) is 14.7 Å². The molecule has 0 spiro atoms. The fraction of sp³-hybridized carbons (Fsp3) is 0.300. The second-order valence-corrected chi connectivity index (χ2v) is 6.57. The first kappa shape index (κ1) is 17.7. The molecule has 0 aliphatic carbocycles. The van der Waals surface area contributed by atoms with Crippen LogP contribution in [0, 0.1) is 0 Å². The fourth-order valence-electron chi connectivity index (χ4n) is 2.69. The van der Waals surface area contributed by atoms with Gasteiger partial charge in [0.25, 0.3) is 0 Å². The first-order chi connectivity index (χ1) is 11.4. The Bertz CT molecular complexity index is 681. The minimum absolute atomic E-state index is 0.232. The predicted molar refractivity (Wildman–Crippen MR) is 93.8 cm³/mol. The Kier molecular flexibility index (Phi) is 5.74. The fourth-order valence-corrected chi connectivity index (χ4v) is 2.69. The topological polar surface area (TPSA) is 66.4 Å². The zero-order valence-electron chi connectivity index (χ0n) is 14.0. The molecule has 0 bridgehead atoms. The summed E-state index contributed by atoms with van der Waals surface area (Å²) in [4.78, 5) is 23.8. The van der Waals surface area contributed by atoms with Crippen molar-refractivity contribution in [2.24, 2.45) is 0 Å². The van der Waals surface area contributed by atoms with Crippen LogP contribution in [-0.4, -0.2) is 23.0 Å². The second kappa shape index (κ2) is 7.77. The second-order valence-electron chi connectivity index (χ2n) is 6.57. The molecule has 0 fully saturated rings. The molecular formula is C20H23NO3. The Morgan fingerprint density at radius 3 is 2.08 bits per heavy atom. The van der Waals surface area contributed by atoms with E-state index in [2.05, 4.69) is 5.32 Å². The molecule has 0 aliphatic heterocycles. The predicted octanol–water partition coefficient (Wildman–Crippen LogP) is 3.17. The van der Waals surface area contributed by atoms with Crippen LogP contribution in [-0.2, 0) is 21.4 Å². The highest BCUT2D eigenvalue weighted by Gasteiger charge is 2.27. The first-order valence-electron chi connectivity index (χ1n) is 8.00. The van der Waals surface area contributed by atoms with Crippen LogP contribution in [0.15, 0.2) is 60.7 Å². The summed E-state index contributed by atoms with van der Waals surface area (Å²) in [5.41, 5.74) is 1.57. The molecule has 0 saturated carbocycles.